The zero-order chi connectivity index (χ0) is 24.0. The van der Waals surface area contributed by atoms with E-state index >= 15 is 0 Å². The van der Waals surface area contributed by atoms with Gasteiger partial charge in [-0.25, -0.2) is 0 Å². The third kappa shape index (κ3) is 5.58. The van der Waals surface area contributed by atoms with Crippen LogP contribution in [0.4, 0.5) is 0 Å². The first-order valence-electron chi connectivity index (χ1n) is 12.8. The lowest BCUT2D eigenvalue weighted by Crippen LogP contribution is -2.43. The normalized spacial score (nSPS) is 19.5. The number of likely N-dealkylation sites (tertiary alicyclic amines) is 1. The minimum atomic E-state index is 0.297. The second-order valence-electron chi connectivity index (χ2n) is 9.85. The fourth-order valence-electron chi connectivity index (χ4n) is 5.69. The second kappa shape index (κ2) is 11.1. The van der Waals surface area contributed by atoms with Gasteiger partial charge in [-0.3, -0.25) is 4.90 Å². The van der Waals surface area contributed by atoms with Crippen molar-refractivity contribution in [1.82, 2.24) is 10.2 Å². The van der Waals surface area contributed by atoms with Crippen LogP contribution in [0.3, 0.4) is 0 Å². The van der Waals surface area contributed by atoms with Crippen LogP contribution in [0.5, 0.6) is 5.75 Å². The molecule has 1 aliphatic rings. The number of nitrogens with zero attached hydrogens (tertiary/aromatic N) is 1. The second-order valence-corrected chi connectivity index (χ2v) is 9.85. The maximum absolute atomic E-state index is 5.45. The molecule has 0 aromatic heterocycles. The summed E-state index contributed by atoms with van der Waals surface area (Å²) in [6, 6.07) is 35.2. The summed E-state index contributed by atoms with van der Waals surface area (Å²) in [4.78, 5) is 2.61. The lowest BCUT2D eigenvalue weighted by Gasteiger charge is -2.39. The van der Waals surface area contributed by atoms with Gasteiger partial charge in [-0.2, -0.15) is 0 Å². The topological polar surface area (TPSA) is 24.5 Å². The van der Waals surface area contributed by atoms with Crippen molar-refractivity contribution < 1.29 is 4.74 Å². The summed E-state index contributed by atoms with van der Waals surface area (Å²) in [6.45, 7) is 6.47. The molecular weight excluding hydrogens is 428 g/mol. The van der Waals surface area contributed by atoms with E-state index in [4.69, 9.17) is 4.74 Å². The number of benzene rings is 4. The molecule has 0 spiro atoms. The molecule has 1 N–H and O–H groups in total. The molecular formula is C32H36N2O. The molecule has 3 nitrogen and oxygen atoms in total. The largest absolute Gasteiger partial charge is 0.497 e. The molecule has 4 aromatic rings. The van der Waals surface area contributed by atoms with Crippen molar-refractivity contribution in [1.29, 1.82) is 0 Å². The van der Waals surface area contributed by atoms with E-state index in [1.165, 1.54) is 33.9 Å². The first kappa shape index (κ1) is 23.6. The Balaban J connectivity index is 1.32. The number of methoxy groups -OCH3 is 1. The van der Waals surface area contributed by atoms with Crippen LogP contribution < -0.4 is 10.1 Å². The summed E-state index contributed by atoms with van der Waals surface area (Å²) >= 11 is 0. The van der Waals surface area contributed by atoms with Crippen LogP contribution in [-0.2, 0) is 6.54 Å². The first-order valence-corrected chi connectivity index (χ1v) is 12.8. The Labute approximate surface area is 209 Å². The molecule has 2 unspecified atom stereocenters. The molecule has 0 bridgehead atoms. The molecule has 0 amide bonds. The molecule has 180 valence electrons. The van der Waals surface area contributed by atoms with Gasteiger partial charge < -0.3 is 10.1 Å². The Morgan fingerprint density at radius 2 is 1.69 bits per heavy atom. The van der Waals surface area contributed by atoms with E-state index in [1.54, 1.807) is 7.11 Å². The van der Waals surface area contributed by atoms with Crippen LogP contribution in [0.15, 0.2) is 97.1 Å². The first-order chi connectivity index (χ1) is 17.2. The average molecular weight is 465 g/mol. The van der Waals surface area contributed by atoms with Crippen molar-refractivity contribution in [3.63, 3.8) is 0 Å². The number of piperidine rings is 1. The number of ether oxygens (including phenoxy) is 1. The Morgan fingerprint density at radius 3 is 2.54 bits per heavy atom. The van der Waals surface area contributed by atoms with Crippen LogP contribution in [0.2, 0.25) is 0 Å². The molecule has 0 aliphatic carbocycles. The van der Waals surface area contributed by atoms with Crippen LogP contribution in [-0.4, -0.2) is 31.6 Å². The zero-order valence-electron chi connectivity index (χ0n) is 20.9. The standard InChI is InChI=1S/C32H36N2O/c1-24(30-17-9-14-27-13-6-7-16-32(27)30)33-21-28-23-34(22-25-10-8-15-29(20-25)35-2)19-18-31(28)26-11-4-3-5-12-26/h3-17,20,24,28,31,33H,18-19,21-23H2,1-2H3/t24-,28?,31?/m1/s1. The molecule has 0 radical (unpaired) electrons. The summed E-state index contributed by atoms with van der Waals surface area (Å²) < 4.78 is 5.45. The Kier molecular flexibility index (Phi) is 7.46. The molecule has 35 heavy (non-hydrogen) atoms. The highest BCUT2D eigenvalue weighted by molar-refractivity contribution is 5.86. The Morgan fingerprint density at radius 1 is 0.914 bits per heavy atom. The smallest absolute Gasteiger partial charge is 0.119 e. The van der Waals surface area contributed by atoms with Gasteiger partial charge in [-0.1, -0.05) is 84.9 Å². The molecule has 4 aromatic carbocycles. The van der Waals surface area contributed by atoms with Crippen molar-refractivity contribution in [2.24, 2.45) is 5.92 Å². The fraction of sp³-hybridized carbons (Fsp3) is 0.312. The molecule has 1 saturated heterocycles. The summed E-state index contributed by atoms with van der Waals surface area (Å²) in [5, 5.41) is 6.57. The van der Waals surface area contributed by atoms with Crippen LogP contribution in [0.1, 0.15) is 42.0 Å². The Bertz CT molecular complexity index is 1230. The highest BCUT2D eigenvalue weighted by atomic mass is 16.5. The van der Waals surface area contributed by atoms with Crippen LogP contribution in [0, 0.1) is 5.92 Å². The molecule has 0 saturated carbocycles. The third-order valence-corrected chi connectivity index (χ3v) is 7.56. The van der Waals surface area contributed by atoms with Crippen molar-refractivity contribution in [2.75, 3.05) is 26.7 Å². The number of nitrogens with one attached hydrogen (secondary N) is 1. The highest BCUT2D eigenvalue weighted by Crippen LogP contribution is 2.34. The maximum Gasteiger partial charge on any atom is 0.119 e. The molecule has 3 atom stereocenters. The van der Waals surface area contributed by atoms with E-state index in [0.717, 1.165) is 31.9 Å². The van der Waals surface area contributed by atoms with Crippen molar-refractivity contribution in [3.05, 3.63) is 114 Å². The van der Waals surface area contributed by atoms with Crippen molar-refractivity contribution >= 4 is 10.8 Å². The third-order valence-electron chi connectivity index (χ3n) is 7.56. The summed E-state index contributed by atoms with van der Waals surface area (Å²) in [6.07, 6.45) is 1.18. The van der Waals surface area contributed by atoms with E-state index in [1.807, 2.05) is 6.07 Å². The summed E-state index contributed by atoms with van der Waals surface area (Å²) in [5.74, 6) is 2.06. The van der Waals surface area contributed by atoms with Crippen molar-refractivity contribution in [2.45, 2.75) is 31.8 Å². The zero-order valence-corrected chi connectivity index (χ0v) is 20.9. The summed E-state index contributed by atoms with van der Waals surface area (Å²) in [7, 11) is 1.74. The van der Waals surface area contributed by atoms with Gasteiger partial charge in [-0.15, -0.1) is 0 Å². The van der Waals surface area contributed by atoms with Gasteiger partial charge in [0.05, 0.1) is 7.11 Å². The molecule has 3 heteroatoms. The van der Waals surface area contributed by atoms with Gasteiger partial charge in [0.1, 0.15) is 5.75 Å². The fourth-order valence-corrected chi connectivity index (χ4v) is 5.69. The molecule has 1 aliphatic heterocycles. The Hall–Kier alpha value is -3.14. The SMILES string of the molecule is COc1cccc(CN2CCC(c3ccccc3)C(CN[C@H](C)c3cccc4ccccc34)C2)c1. The highest BCUT2D eigenvalue weighted by Gasteiger charge is 2.30. The number of fused-ring (bicyclic) bond motifs is 1. The van der Waals surface area contributed by atoms with E-state index < -0.39 is 0 Å². The van der Waals surface area contributed by atoms with Crippen LogP contribution >= 0.6 is 0 Å². The number of rotatable bonds is 8. The van der Waals surface area contributed by atoms with E-state index in [0.29, 0.717) is 17.9 Å². The monoisotopic (exact) mass is 464 g/mol. The van der Waals surface area contributed by atoms with E-state index in [2.05, 4.69) is 108 Å². The van der Waals surface area contributed by atoms with Gasteiger partial charge in [-0.05, 0) is 71.3 Å². The number of hydrogen-bond donors (Lipinski definition) is 1. The lowest BCUT2D eigenvalue weighted by atomic mass is 9.80. The summed E-state index contributed by atoms with van der Waals surface area (Å²) in [5.41, 5.74) is 4.17. The van der Waals surface area contributed by atoms with E-state index in [-0.39, 0.29) is 0 Å². The minimum Gasteiger partial charge on any atom is -0.497 e. The predicted molar refractivity (Wildman–Crippen MR) is 146 cm³/mol. The van der Waals surface area contributed by atoms with Gasteiger partial charge in [0, 0.05) is 25.7 Å². The van der Waals surface area contributed by atoms with Gasteiger partial charge in [0.2, 0.25) is 0 Å². The minimum absolute atomic E-state index is 0.297. The average Bonchev–Trinajstić information content (AvgIpc) is 2.92. The van der Waals surface area contributed by atoms with Crippen LogP contribution in [0.25, 0.3) is 10.8 Å². The van der Waals surface area contributed by atoms with Gasteiger partial charge >= 0.3 is 0 Å². The molecule has 1 fully saturated rings. The maximum atomic E-state index is 5.45. The van der Waals surface area contributed by atoms with Gasteiger partial charge in [0.25, 0.3) is 0 Å². The quantitative estimate of drug-likeness (QED) is 0.310. The molecule has 5 rings (SSSR count). The van der Waals surface area contributed by atoms with Gasteiger partial charge in [0.15, 0.2) is 0 Å². The van der Waals surface area contributed by atoms with Crippen molar-refractivity contribution in [3.8, 4) is 5.75 Å². The predicted octanol–water partition coefficient (Wildman–Crippen LogP) is 6.80. The van der Waals surface area contributed by atoms with E-state index in [9.17, 15) is 0 Å². The molecule has 1 heterocycles. The lowest BCUT2D eigenvalue weighted by molar-refractivity contribution is 0.142. The number of hydrogen-bond acceptors (Lipinski definition) is 3.